The number of aliphatic hydroxyl groups is 1. The van der Waals surface area contributed by atoms with Crippen LogP contribution in [0.15, 0.2) is 30.3 Å². The number of halogens is 3. The smallest absolute Gasteiger partial charge is 0.385 e. The minimum Gasteiger partial charge on any atom is -0.385 e. The van der Waals surface area contributed by atoms with Crippen molar-refractivity contribution in [2.45, 2.75) is 37.6 Å². The zero-order chi connectivity index (χ0) is 18.0. The average molecular weight is 344 g/mol. The maximum absolute atomic E-state index is 12.4. The lowest BCUT2D eigenvalue weighted by Crippen LogP contribution is -2.41. The van der Waals surface area contributed by atoms with Crippen molar-refractivity contribution in [2.24, 2.45) is 0 Å². The first-order valence-electron chi connectivity index (χ1n) is 7.48. The van der Waals surface area contributed by atoms with Gasteiger partial charge in [-0.1, -0.05) is 30.3 Å². The molecule has 8 heteroatoms. The van der Waals surface area contributed by atoms with Crippen molar-refractivity contribution < 1.29 is 27.9 Å². The first kappa shape index (κ1) is 18.3. The van der Waals surface area contributed by atoms with Gasteiger partial charge in [0.25, 0.3) is 0 Å². The maximum Gasteiger partial charge on any atom is 0.406 e. The lowest BCUT2D eigenvalue weighted by molar-refractivity contribution is -0.157. The molecule has 0 saturated carbocycles. The quantitative estimate of drug-likeness (QED) is 0.852. The van der Waals surface area contributed by atoms with Crippen molar-refractivity contribution in [2.75, 3.05) is 13.1 Å². The van der Waals surface area contributed by atoms with Crippen LogP contribution in [0.3, 0.4) is 0 Å². The third kappa shape index (κ3) is 4.95. The maximum atomic E-state index is 12.4. The van der Waals surface area contributed by atoms with Crippen LogP contribution in [-0.2, 0) is 15.2 Å². The Morgan fingerprint density at radius 2 is 1.96 bits per heavy atom. The highest BCUT2D eigenvalue weighted by Crippen LogP contribution is 2.25. The molecule has 1 aliphatic heterocycles. The summed E-state index contributed by atoms with van der Waals surface area (Å²) in [6, 6.07) is 7.91. The summed E-state index contributed by atoms with van der Waals surface area (Å²) in [5, 5.41) is 12.9. The Balaban J connectivity index is 1.90. The summed E-state index contributed by atoms with van der Waals surface area (Å²) in [4.78, 5) is 24.3. The van der Waals surface area contributed by atoms with Crippen molar-refractivity contribution in [3.8, 4) is 0 Å². The highest BCUT2D eigenvalue weighted by atomic mass is 19.4. The number of rotatable bonds is 5. The molecule has 0 spiro atoms. The molecule has 1 saturated heterocycles. The molecule has 0 unspecified atom stereocenters. The zero-order valence-electron chi connectivity index (χ0n) is 13.1. The molecule has 0 aliphatic carbocycles. The number of carbonyl (C=O) groups is 2. The molecule has 0 aromatic heterocycles. The fraction of sp³-hybridized carbons (Fsp3) is 0.500. The summed E-state index contributed by atoms with van der Waals surface area (Å²) in [6.07, 6.45) is -4.89. The molecule has 1 aromatic carbocycles. The van der Waals surface area contributed by atoms with Gasteiger partial charge in [-0.3, -0.25) is 9.59 Å². The number of nitrogens with one attached hydrogen (secondary N) is 1. The van der Waals surface area contributed by atoms with Gasteiger partial charge in [-0.15, -0.1) is 0 Å². The van der Waals surface area contributed by atoms with E-state index >= 15 is 0 Å². The van der Waals surface area contributed by atoms with Gasteiger partial charge in [0, 0.05) is 13.0 Å². The molecule has 5 nitrogen and oxygen atoms in total. The van der Waals surface area contributed by atoms with Crippen molar-refractivity contribution in [1.29, 1.82) is 0 Å². The Labute approximate surface area is 137 Å². The fourth-order valence-corrected chi connectivity index (χ4v) is 2.73. The molecule has 2 N–H and O–H groups in total. The summed E-state index contributed by atoms with van der Waals surface area (Å²) >= 11 is 0. The minimum atomic E-state index is -4.47. The van der Waals surface area contributed by atoms with E-state index in [1.807, 2.05) is 0 Å². The van der Waals surface area contributed by atoms with E-state index in [2.05, 4.69) is 5.32 Å². The number of hydrogen-bond acceptors (Lipinski definition) is 3. The van der Waals surface area contributed by atoms with Crippen molar-refractivity contribution in [3.05, 3.63) is 35.9 Å². The van der Waals surface area contributed by atoms with Gasteiger partial charge >= 0.3 is 6.18 Å². The number of amides is 2. The van der Waals surface area contributed by atoms with Crippen LogP contribution in [0.1, 0.15) is 25.3 Å². The van der Waals surface area contributed by atoms with Crippen LogP contribution in [-0.4, -0.2) is 47.1 Å². The van der Waals surface area contributed by atoms with Gasteiger partial charge in [0.1, 0.15) is 6.54 Å². The van der Waals surface area contributed by atoms with E-state index in [9.17, 15) is 27.9 Å². The Kier molecular flexibility index (Phi) is 5.17. The molecule has 24 heavy (non-hydrogen) atoms. The molecule has 2 rings (SSSR count). The number of alkyl halides is 3. The zero-order valence-corrected chi connectivity index (χ0v) is 13.1. The van der Waals surface area contributed by atoms with Crippen LogP contribution in [0.5, 0.6) is 0 Å². The third-order valence-corrected chi connectivity index (χ3v) is 3.85. The van der Waals surface area contributed by atoms with Crippen LogP contribution in [0.4, 0.5) is 13.2 Å². The highest BCUT2D eigenvalue weighted by molar-refractivity contribution is 5.82. The van der Waals surface area contributed by atoms with Crippen LogP contribution >= 0.6 is 0 Å². The molecule has 1 aromatic rings. The van der Waals surface area contributed by atoms with E-state index in [0.717, 1.165) is 0 Å². The molecule has 1 heterocycles. The molecule has 1 fully saturated rings. The lowest BCUT2D eigenvalue weighted by Gasteiger charge is -2.24. The van der Waals surface area contributed by atoms with E-state index in [1.54, 1.807) is 30.3 Å². The largest absolute Gasteiger partial charge is 0.406 e. The lowest BCUT2D eigenvalue weighted by atomic mass is 9.92. The van der Waals surface area contributed by atoms with Gasteiger partial charge in [-0.05, 0) is 12.5 Å². The summed E-state index contributed by atoms with van der Waals surface area (Å²) in [5.74, 6) is -1.16. The van der Waals surface area contributed by atoms with Crippen molar-refractivity contribution >= 4 is 11.8 Å². The van der Waals surface area contributed by atoms with E-state index in [-0.39, 0.29) is 19.4 Å². The molecule has 132 valence electrons. The van der Waals surface area contributed by atoms with E-state index in [4.69, 9.17) is 0 Å². The van der Waals surface area contributed by atoms with Gasteiger partial charge < -0.3 is 15.3 Å². The SMILES string of the molecule is C[C@@](O)(CC(=O)N[C@@H]1CC(=O)N(CC(F)(F)F)C1)c1ccccc1. The van der Waals surface area contributed by atoms with Crippen molar-refractivity contribution in [3.63, 3.8) is 0 Å². The molecule has 1 aliphatic rings. The van der Waals surface area contributed by atoms with Gasteiger partial charge in [0.15, 0.2) is 0 Å². The summed E-state index contributed by atoms with van der Waals surface area (Å²) in [7, 11) is 0. The Morgan fingerprint density at radius 3 is 2.54 bits per heavy atom. The second kappa shape index (κ2) is 6.80. The summed E-state index contributed by atoms with van der Waals surface area (Å²) in [5.41, 5.74) is -0.846. The topological polar surface area (TPSA) is 69.6 Å². The molecular weight excluding hydrogens is 325 g/mol. The number of carbonyl (C=O) groups excluding carboxylic acids is 2. The van der Waals surface area contributed by atoms with E-state index in [1.165, 1.54) is 6.92 Å². The van der Waals surface area contributed by atoms with Gasteiger partial charge in [0.2, 0.25) is 11.8 Å². The standard InChI is InChI=1S/C16H19F3N2O3/c1-15(24,11-5-3-2-4-6-11)8-13(22)20-12-7-14(23)21(9-12)10-16(17,18)19/h2-6,12,24H,7-10H2,1H3,(H,20,22)/t12-,15-/m1/s1. The number of nitrogens with zero attached hydrogens (tertiary/aromatic N) is 1. The van der Waals surface area contributed by atoms with Crippen molar-refractivity contribution in [1.82, 2.24) is 10.2 Å². The van der Waals surface area contributed by atoms with E-state index in [0.29, 0.717) is 10.5 Å². The molecule has 0 radical (unpaired) electrons. The first-order chi connectivity index (χ1) is 11.1. The van der Waals surface area contributed by atoms with Crippen LogP contribution in [0.25, 0.3) is 0 Å². The average Bonchev–Trinajstić information content (AvgIpc) is 2.76. The molecule has 2 atom stereocenters. The Morgan fingerprint density at radius 1 is 1.33 bits per heavy atom. The Bertz CT molecular complexity index is 602. The fourth-order valence-electron chi connectivity index (χ4n) is 2.73. The van der Waals surface area contributed by atoms with Crippen LogP contribution in [0, 0.1) is 0 Å². The van der Waals surface area contributed by atoms with Gasteiger partial charge in [-0.25, -0.2) is 0 Å². The monoisotopic (exact) mass is 344 g/mol. The van der Waals surface area contributed by atoms with E-state index < -0.39 is 36.2 Å². The minimum absolute atomic E-state index is 0.171. The summed E-state index contributed by atoms with van der Waals surface area (Å²) < 4.78 is 37.1. The molecule has 0 bridgehead atoms. The summed E-state index contributed by atoms with van der Waals surface area (Å²) in [6.45, 7) is -0.0187. The normalized spacial score (nSPS) is 20.8. The predicted octanol–water partition coefficient (Wildman–Crippen LogP) is 1.56. The second-order valence-electron chi connectivity index (χ2n) is 6.17. The predicted molar refractivity (Wildman–Crippen MR) is 79.8 cm³/mol. The Hall–Kier alpha value is -2.09. The second-order valence-corrected chi connectivity index (χ2v) is 6.17. The molecular formula is C16H19F3N2O3. The van der Waals surface area contributed by atoms with Crippen LogP contribution < -0.4 is 5.32 Å². The number of likely N-dealkylation sites (tertiary alicyclic amines) is 1. The highest BCUT2D eigenvalue weighted by Gasteiger charge is 2.39. The number of hydrogen-bond donors (Lipinski definition) is 2. The molecule has 2 amide bonds. The third-order valence-electron chi connectivity index (χ3n) is 3.85. The first-order valence-corrected chi connectivity index (χ1v) is 7.48. The van der Waals surface area contributed by atoms with Crippen LogP contribution in [0.2, 0.25) is 0 Å². The number of benzene rings is 1. The van der Waals surface area contributed by atoms with Gasteiger partial charge in [0.05, 0.1) is 18.1 Å². The van der Waals surface area contributed by atoms with Gasteiger partial charge in [-0.2, -0.15) is 13.2 Å².